The zero-order valence-electron chi connectivity index (χ0n) is 24.4. The van der Waals surface area contributed by atoms with Crippen molar-refractivity contribution < 1.29 is 46.1 Å². The van der Waals surface area contributed by atoms with Crippen LogP contribution in [0.1, 0.15) is 32.1 Å². The molecule has 45 heavy (non-hydrogen) atoms. The monoisotopic (exact) mass is 661 g/mol. The Balaban J connectivity index is 0.949. The highest BCUT2D eigenvalue weighted by Gasteiger charge is 2.46. The van der Waals surface area contributed by atoms with E-state index in [1.807, 2.05) is 0 Å². The van der Waals surface area contributed by atoms with Crippen LogP contribution in [0.15, 0.2) is 64.5 Å². The molecule has 242 valence electrons. The molecule has 2 saturated heterocycles. The summed E-state index contributed by atoms with van der Waals surface area (Å²) < 4.78 is 69.6. The molecule has 3 N–H and O–H groups in total. The number of benzene rings is 2. The normalized spacial score (nSPS) is 21.0. The van der Waals surface area contributed by atoms with Gasteiger partial charge in [0.25, 0.3) is 0 Å². The van der Waals surface area contributed by atoms with Gasteiger partial charge in [0.05, 0.1) is 40.1 Å². The zero-order chi connectivity index (χ0) is 31.8. The van der Waals surface area contributed by atoms with Gasteiger partial charge in [-0.05, 0) is 62.4 Å². The van der Waals surface area contributed by atoms with Crippen molar-refractivity contribution in [2.24, 2.45) is 0 Å². The molecule has 1 unspecified atom stereocenters. The molecule has 3 aliphatic rings. The number of carbonyl (C=O) groups is 1. The number of carbonyl (C=O) groups excluding carboxylic acids is 1. The van der Waals surface area contributed by atoms with Gasteiger partial charge >= 0.3 is 6.09 Å². The summed E-state index contributed by atoms with van der Waals surface area (Å²) in [6.07, 6.45) is 1.87. The molecular weight excluding hydrogens is 626 g/mol. The Hall–Kier alpha value is -3.50. The lowest BCUT2D eigenvalue weighted by atomic mass is 9.88. The van der Waals surface area contributed by atoms with Crippen LogP contribution in [0, 0.1) is 0 Å². The van der Waals surface area contributed by atoms with Crippen LogP contribution in [0.2, 0.25) is 0 Å². The van der Waals surface area contributed by atoms with Crippen LogP contribution in [-0.2, 0) is 29.3 Å². The van der Waals surface area contributed by atoms with E-state index in [9.17, 15) is 31.8 Å². The van der Waals surface area contributed by atoms with Crippen molar-refractivity contribution in [3.63, 3.8) is 0 Å². The van der Waals surface area contributed by atoms with Crippen molar-refractivity contribution in [1.29, 1.82) is 0 Å². The van der Waals surface area contributed by atoms with Crippen LogP contribution in [0.25, 0.3) is 10.9 Å². The van der Waals surface area contributed by atoms with Crippen LogP contribution in [0.4, 0.5) is 4.79 Å². The molecule has 1 saturated carbocycles. The molecule has 3 aromatic rings. The Morgan fingerprint density at radius 3 is 2.60 bits per heavy atom. The van der Waals surface area contributed by atoms with Crippen LogP contribution >= 0.6 is 0 Å². The molecule has 3 fully saturated rings. The fraction of sp³-hybridized carbons (Fsp3) is 0.467. The van der Waals surface area contributed by atoms with Crippen molar-refractivity contribution in [2.45, 2.75) is 64.9 Å². The zero-order valence-corrected chi connectivity index (χ0v) is 26.0. The number of hydrogen-bond acceptors (Lipinski definition) is 11. The summed E-state index contributed by atoms with van der Waals surface area (Å²) in [7, 11) is -7.37. The number of nitrogens with one attached hydrogen (secondary N) is 1. The number of fused-ring (bicyclic) bond motifs is 1. The minimum atomic E-state index is -4.00. The summed E-state index contributed by atoms with van der Waals surface area (Å²) in [6, 6.07) is 12.5. The third-order valence-corrected chi connectivity index (χ3v) is 12.6. The van der Waals surface area contributed by atoms with Gasteiger partial charge in [0.15, 0.2) is 9.84 Å². The molecule has 1 spiro atoms. The average Bonchev–Trinajstić information content (AvgIpc) is 3.83. The lowest BCUT2D eigenvalue weighted by Crippen LogP contribution is -2.47. The van der Waals surface area contributed by atoms with E-state index in [1.165, 1.54) is 22.6 Å². The molecule has 2 atom stereocenters. The van der Waals surface area contributed by atoms with Gasteiger partial charge in [-0.3, -0.25) is 4.98 Å². The summed E-state index contributed by atoms with van der Waals surface area (Å²) in [4.78, 5) is 16.5. The lowest BCUT2D eigenvalue weighted by molar-refractivity contribution is -0.0312. The van der Waals surface area contributed by atoms with Gasteiger partial charge in [-0.1, -0.05) is 18.2 Å². The number of aliphatic hydroxyl groups excluding tert-OH is 1. The maximum Gasteiger partial charge on any atom is 0.407 e. The molecule has 3 heterocycles. The second-order valence-electron chi connectivity index (χ2n) is 11.7. The Kier molecular flexibility index (Phi) is 8.65. The molecule has 2 aromatic carbocycles. The van der Waals surface area contributed by atoms with Crippen molar-refractivity contribution in [1.82, 2.24) is 14.6 Å². The van der Waals surface area contributed by atoms with Crippen molar-refractivity contribution in [3.05, 3.63) is 54.7 Å². The third-order valence-electron chi connectivity index (χ3n) is 8.44. The van der Waals surface area contributed by atoms with E-state index in [0.29, 0.717) is 48.8 Å². The predicted molar refractivity (Wildman–Crippen MR) is 161 cm³/mol. The standard InChI is InChI=1S/C30H35N3O10S2/c34-21(18-41-22-4-3-5-24(14-22)44(37,38)23-8-9-23)19-42-29(36)32-20-15-30(43-17-20)10-12-33(13-11-30)45(39,40)27-16-31-26-7-2-1-6-25(26)28(27)35/h1-7,14,16,20-21,23,34H,8-13,15,17-19H2,(H,31,35)(H,32,36)/t20-,21?/m1/s1. The summed E-state index contributed by atoms with van der Waals surface area (Å²) in [5.41, 5.74) is -0.113. The molecule has 6 rings (SSSR count). The summed E-state index contributed by atoms with van der Waals surface area (Å²) in [6.45, 7) is 0.0278. The first-order chi connectivity index (χ1) is 21.5. The third kappa shape index (κ3) is 6.72. The number of nitrogens with zero attached hydrogens (tertiary/aromatic N) is 2. The van der Waals surface area contributed by atoms with E-state index in [2.05, 4.69) is 10.3 Å². The first-order valence-electron chi connectivity index (χ1n) is 14.8. The fourth-order valence-corrected chi connectivity index (χ4v) is 8.96. The Bertz CT molecular complexity index is 1790. The molecule has 0 radical (unpaired) electrons. The van der Waals surface area contributed by atoms with Crippen LogP contribution < -0.4 is 10.1 Å². The van der Waals surface area contributed by atoms with Crippen LogP contribution in [0.3, 0.4) is 0 Å². The number of amides is 1. The quantitative estimate of drug-likeness (QED) is 0.290. The van der Waals surface area contributed by atoms with Gasteiger partial charge in [-0.2, -0.15) is 4.31 Å². The number of para-hydroxylation sites is 1. The minimum Gasteiger partial charge on any atom is -0.506 e. The largest absolute Gasteiger partial charge is 0.506 e. The van der Waals surface area contributed by atoms with Gasteiger partial charge in [0, 0.05) is 18.5 Å². The highest BCUT2D eigenvalue weighted by Crippen LogP contribution is 2.39. The number of sulfone groups is 1. The molecule has 1 aliphatic carbocycles. The molecule has 13 nitrogen and oxygen atoms in total. The second kappa shape index (κ2) is 12.4. The van der Waals surface area contributed by atoms with Gasteiger partial charge < -0.3 is 29.7 Å². The van der Waals surface area contributed by atoms with E-state index in [-0.39, 0.29) is 59.7 Å². The van der Waals surface area contributed by atoms with Gasteiger partial charge in [0.2, 0.25) is 10.0 Å². The Labute approximate surface area is 261 Å². The number of aliphatic hydroxyl groups is 1. The van der Waals surface area contributed by atoms with E-state index in [4.69, 9.17) is 14.2 Å². The first kappa shape index (κ1) is 31.5. The van der Waals surface area contributed by atoms with E-state index in [1.54, 1.807) is 36.4 Å². The second-order valence-corrected chi connectivity index (χ2v) is 15.8. The minimum absolute atomic E-state index is 0.174. The topological polar surface area (TPSA) is 182 Å². The van der Waals surface area contributed by atoms with Gasteiger partial charge in [0.1, 0.15) is 35.7 Å². The molecule has 1 aromatic heterocycles. The van der Waals surface area contributed by atoms with Crippen LogP contribution in [-0.4, -0.2) is 98.3 Å². The predicted octanol–water partition coefficient (Wildman–Crippen LogP) is 2.35. The number of piperidine rings is 1. The Morgan fingerprint density at radius 1 is 1.09 bits per heavy atom. The maximum absolute atomic E-state index is 13.4. The highest BCUT2D eigenvalue weighted by molar-refractivity contribution is 7.92. The SMILES string of the molecule is O=C(N[C@H]1COC2(CCN(S(=O)(=O)c3cnc4ccccc4c3O)CC2)C1)OCC(O)COc1cccc(S(=O)(=O)C2CC2)c1. The van der Waals surface area contributed by atoms with E-state index < -0.39 is 37.7 Å². The average molecular weight is 662 g/mol. The number of aromatic hydroxyl groups is 1. The molecular formula is C30H35N3O10S2. The first-order valence-corrected chi connectivity index (χ1v) is 17.7. The fourth-order valence-electron chi connectivity index (χ4n) is 5.79. The van der Waals surface area contributed by atoms with Crippen molar-refractivity contribution in [3.8, 4) is 11.5 Å². The molecule has 1 amide bonds. The number of pyridine rings is 1. The Morgan fingerprint density at radius 2 is 1.84 bits per heavy atom. The molecule has 0 bridgehead atoms. The maximum atomic E-state index is 13.4. The summed E-state index contributed by atoms with van der Waals surface area (Å²) in [5, 5.41) is 23.7. The van der Waals surface area contributed by atoms with E-state index >= 15 is 0 Å². The molecule has 2 aliphatic heterocycles. The summed E-state index contributed by atoms with van der Waals surface area (Å²) >= 11 is 0. The number of alkyl carbamates (subject to hydrolysis) is 1. The van der Waals surface area contributed by atoms with Crippen LogP contribution in [0.5, 0.6) is 11.5 Å². The number of aromatic nitrogens is 1. The van der Waals surface area contributed by atoms with Gasteiger partial charge in [-0.15, -0.1) is 0 Å². The number of sulfonamides is 1. The van der Waals surface area contributed by atoms with Crippen molar-refractivity contribution in [2.75, 3.05) is 32.9 Å². The van der Waals surface area contributed by atoms with Gasteiger partial charge in [-0.25, -0.2) is 21.6 Å². The van der Waals surface area contributed by atoms with E-state index in [0.717, 1.165) is 0 Å². The van der Waals surface area contributed by atoms with Crippen molar-refractivity contribution >= 4 is 36.9 Å². The molecule has 15 heteroatoms. The number of ether oxygens (including phenoxy) is 3. The highest BCUT2D eigenvalue weighted by atomic mass is 32.2. The smallest absolute Gasteiger partial charge is 0.407 e. The lowest BCUT2D eigenvalue weighted by Gasteiger charge is -2.38. The number of hydrogen-bond donors (Lipinski definition) is 3. The number of rotatable bonds is 10. The summed E-state index contributed by atoms with van der Waals surface area (Å²) in [5.74, 6) is -0.0378.